The number of ether oxygens (including phenoxy) is 3. The summed E-state index contributed by atoms with van der Waals surface area (Å²) < 4.78 is 16.2. The summed E-state index contributed by atoms with van der Waals surface area (Å²) in [5, 5.41) is 5.56. The van der Waals surface area contributed by atoms with Crippen LogP contribution in [-0.2, 0) is 14.3 Å². The molecule has 160 valence electrons. The third-order valence-electron chi connectivity index (χ3n) is 4.69. The minimum Gasteiger partial charge on any atom is -0.439 e. The first-order valence-corrected chi connectivity index (χ1v) is 9.95. The highest BCUT2D eigenvalue weighted by Crippen LogP contribution is 2.30. The van der Waals surface area contributed by atoms with Crippen LogP contribution in [0.15, 0.2) is 36.5 Å². The SMILES string of the molecule is COCCOC1CC(C(=O)NC(=O)Nc2ccc(Oc3ccc(Cl)cn3)c(C)c2)C1. The van der Waals surface area contributed by atoms with Crippen LogP contribution in [0.2, 0.25) is 5.02 Å². The van der Waals surface area contributed by atoms with Gasteiger partial charge in [0.25, 0.3) is 0 Å². The Labute approximate surface area is 179 Å². The van der Waals surface area contributed by atoms with E-state index in [4.69, 9.17) is 25.8 Å². The zero-order chi connectivity index (χ0) is 21.5. The van der Waals surface area contributed by atoms with E-state index in [-0.39, 0.29) is 17.9 Å². The van der Waals surface area contributed by atoms with Gasteiger partial charge in [-0.15, -0.1) is 0 Å². The molecule has 2 aromatic rings. The molecule has 0 aliphatic heterocycles. The molecule has 0 saturated heterocycles. The van der Waals surface area contributed by atoms with Crippen molar-refractivity contribution >= 4 is 29.2 Å². The average Bonchev–Trinajstić information content (AvgIpc) is 2.67. The van der Waals surface area contributed by atoms with E-state index in [1.807, 2.05) is 6.92 Å². The van der Waals surface area contributed by atoms with Gasteiger partial charge in [-0.05, 0) is 49.6 Å². The molecule has 3 rings (SSSR count). The van der Waals surface area contributed by atoms with Crippen molar-refractivity contribution < 1.29 is 23.8 Å². The number of aromatic nitrogens is 1. The van der Waals surface area contributed by atoms with E-state index in [1.165, 1.54) is 6.20 Å². The van der Waals surface area contributed by atoms with E-state index in [2.05, 4.69) is 15.6 Å². The van der Waals surface area contributed by atoms with Gasteiger partial charge in [0.2, 0.25) is 11.8 Å². The lowest BCUT2D eigenvalue weighted by atomic mass is 9.81. The predicted octanol–water partition coefficient (Wildman–Crippen LogP) is 3.93. The van der Waals surface area contributed by atoms with Gasteiger partial charge in [0.15, 0.2) is 0 Å². The molecule has 0 atom stereocenters. The second-order valence-electron chi connectivity index (χ2n) is 6.99. The quantitative estimate of drug-likeness (QED) is 0.612. The maximum Gasteiger partial charge on any atom is 0.325 e. The molecule has 1 aromatic carbocycles. The van der Waals surface area contributed by atoms with E-state index in [0.717, 1.165) is 5.56 Å². The molecular weight excluding hydrogens is 410 g/mol. The van der Waals surface area contributed by atoms with E-state index in [1.54, 1.807) is 37.4 Å². The van der Waals surface area contributed by atoms with Gasteiger partial charge >= 0.3 is 6.03 Å². The van der Waals surface area contributed by atoms with E-state index in [0.29, 0.717) is 48.4 Å². The Morgan fingerprint density at radius 3 is 2.67 bits per heavy atom. The third kappa shape index (κ3) is 6.16. The predicted molar refractivity (Wildman–Crippen MR) is 112 cm³/mol. The van der Waals surface area contributed by atoms with Crippen molar-refractivity contribution in [3.8, 4) is 11.6 Å². The number of rotatable bonds is 8. The number of amides is 3. The number of urea groups is 1. The Hall–Kier alpha value is -2.68. The average molecular weight is 434 g/mol. The van der Waals surface area contributed by atoms with E-state index >= 15 is 0 Å². The van der Waals surface area contributed by atoms with Gasteiger partial charge in [0.05, 0.1) is 24.3 Å². The minimum absolute atomic E-state index is 0.0456. The van der Waals surface area contributed by atoms with Gasteiger partial charge in [-0.2, -0.15) is 0 Å². The lowest BCUT2D eigenvalue weighted by Crippen LogP contribution is -2.45. The Bertz CT molecular complexity index is 885. The zero-order valence-corrected chi connectivity index (χ0v) is 17.6. The summed E-state index contributed by atoms with van der Waals surface area (Å²) in [5.74, 6) is 0.495. The van der Waals surface area contributed by atoms with Gasteiger partial charge in [-0.1, -0.05) is 11.6 Å². The van der Waals surface area contributed by atoms with Crippen LogP contribution in [-0.4, -0.2) is 43.3 Å². The van der Waals surface area contributed by atoms with Crippen molar-refractivity contribution in [3.63, 3.8) is 0 Å². The fourth-order valence-electron chi connectivity index (χ4n) is 2.97. The molecular formula is C21H24ClN3O5. The molecule has 30 heavy (non-hydrogen) atoms. The van der Waals surface area contributed by atoms with Crippen molar-refractivity contribution in [2.45, 2.75) is 25.9 Å². The molecule has 1 fully saturated rings. The number of hydrogen-bond donors (Lipinski definition) is 2. The number of aryl methyl sites for hydroxylation is 1. The number of benzene rings is 1. The highest BCUT2D eigenvalue weighted by molar-refractivity contribution is 6.30. The first-order valence-electron chi connectivity index (χ1n) is 9.57. The second kappa shape index (κ2) is 10.4. The van der Waals surface area contributed by atoms with Crippen LogP contribution in [0.25, 0.3) is 0 Å². The molecule has 1 aromatic heterocycles. The Balaban J connectivity index is 1.45. The van der Waals surface area contributed by atoms with Crippen LogP contribution in [0.3, 0.4) is 0 Å². The van der Waals surface area contributed by atoms with Crippen molar-refractivity contribution in [2.24, 2.45) is 5.92 Å². The van der Waals surface area contributed by atoms with Crippen LogP contribution in [0.5, 0.6) is 11.6 Å². The van der Waals surface area contributed by atoms with Crippen LogP contribution < -0.4 is 15.4 Å². The van der Waals surface area contributed by atoms with Crippen molar-refractivity contribution in [1.29, 1.82) is 0 Å². The summed E-state index contributed by atoms with van der Waals surface area (Å²) in [7, 11) is 1.61. The number of hydrogen-bond acceptors (Lipinski definition) is 6. The Kier molecular flexibility index (Phi) is 7.62. The van der Waals surface area contributed by atoms with Crippen molar-refractivity contribution in [3.05, 3.63) is 47.1 Å². The molecule has 1 aliphatic rings. The number of pyridine rings is 1. The molecule has 1 saturated carbocycles. The smallest absolute Gasteiger partial charge is 0.325 e. The number of nitrogens with zero attached hydrogens (tertiary/aromatic N) is 1. The highest BCUT2D eigenvalue weighted by atomic mass is 35.5. The molecule has 9 heteroatoms. The number of carbonyl (C=O) groups is 2. The van der Waals surface area contributed by atoms with Crippen molar-refractivity contribution in [2.75, 3.05) is 25.6 Å². The largest absolute Gasteiger partial charge is 0.439 e. The van der Waals surface area contributed by atoms with Crippen LogP contribution in [0.4, 0.5) is 10.5 Å². The number of carbonyl (C=O) groups excluding carboxylic acids is 2. The zero-order valence-electron chi connectivity index (χ0n) is 16.8. The van der Waals surface area contributed by atoms with Crippen LogP contribution in [0.1, 0.15) is 18.4 Å². The summed E-state index contributed by atoms with van der Waals surface area (Å²) >= 11 is 5.82. The fraction of sp³-hybridized carbons (Fsp3) is 0.381. The Morgan fingerprint density at radius 1 is 1.20 bits per heavy atom. The molecule has 0 radical (unpaired) electrons. The molecule has 3 amide bonds. The number of nitrogens with one attached hydrogen (secondary N) is 2. The molecule has 8 nitrogen and oxygen atoms in total. The van der Waals surface area contributed by atoms with Crippen LogP contribution in [0, 0.1) is 12.8 Å². The molecule has 0 bridgehead atoms. The summed E-state index contributed by atoms with van der Waals surface area (Å²) in [5.41, 5.74) is 1.34. The van der Waals surface area contributed by atoms with Crippen molar-refractivity contribution in [1.82, 2.24) is 10.3 Å². The molecule has 0 unspecified atom stereocenters. The van der Waals surface area contributed by atoms with Crippen LogP contribution >= 0.6 is 11.6 Å². The monoisotopic (exact) mass is 433 g/mol. The summed E-state index contributed by atoms with van der Waals surface area (Å²) in [6, 6.07) is 7.93. The number of halogens is 1. The molecule has 1 heterocycles. The summed E-state index contributed by atoms with van der Waals surface area (Å²) in [6.07, 6.45) is 2.75. The second-order valence-corrected chi connectivity index (χ2v) is 7.43. The first kappa shape index (κ1) is 22.0. The topological polar surface area (TPSA) is 98.8 Å². The first-order chi connectivity index (χ1) is 14.4. The third-order valence-corrected chi connectivity index (χ3v) is 4.91. The molecule has 2 N–H and O–H groups in total. The number of anilines is 1. The maximum atomic E-state index is 12.2. The maximum absolute atomic E-state index is 12.2. The standard InChI is InChI=1S/C21H24ClN3O5/c1-13-9-16(4-5-18(13)30-19-6-3-15(22)12-23-19)24-21(27)25-20(26)14-10-17(11-14)29-8-7-28-2/h3-6,9,12,14,17H,7-8,10-11H2,1-2H3,(H2,24,25,26,27). The van der Waals surface area contributed by atoms with E-state index < -0.39 is 6.03 Å². The van der Waals surface area contributed by atoms with Gasteiger partial charge in [-0.25, -0.2) is 9.78 Å². The van der Waals surface area contributed by atoms with Gasteiger partial charge in [-0.3, -0.25) is 10.1 Å². The number of imide groups is 1. The summed E-state index contributed by atoms with van der Waals surface area (Å²) in [4.78, 5) is 28.4. The van der Waals surface area contributed by atoms with Gasteiger partial charge < -0.3 is 19.5 Å². The molecule has 1 aliphatic carbocycles. The van der Waals surface area contributed by atoms with Gasteiger partial charge in [0.1, 0.15) is 5.75 Å². The molecule has 0 spiro atoms. The fourth-order valence-corrected chi connectivity index (χ4v) is 3.08. The summed E-state index contributed by atoms with van der Waals surface area (Å²) in [6.45, 7) is 2.87. The lowest BCUT2D eigenvalue weighted by Gasteiger charge is -2.33. The normalized spacial score (nSPS) is 17.7. The number of methoxy groups -OCH3 is 1. The van der Waals surface area contributed by atoms with E-state index in [9.17, 15) is 9.59 Å². The van der Waals surface area contributed by atoms with Gasteiger partial charge in [0, 0.05) is 31.0 Å². The highest BCUT2D eigenvalue weighted by Gasteiger charge is 2.35. The minimum atomic E-state index is -0.573. The lowest BCUT2D eigenvalue weighted by molar-refractivity contribution is -0.133. The Morgan fingerprint density at radius 2 is 2.00 bits per heavy atom.